The minimum Gasteiger partial charge on any atom is -0.513 e. The normalized spacial score (nSPS) is 10.7. The number of aliphatic hydroxyl groups is 1. The molecule has 0 rings (SSSR count). The summed E-state index contributed by atoms with van der Waals surface area (Å²) in [4.78, 5) is 10.2. The van der Waals surface area contributed by atoms with E-state index in [0.717, 1.165) is 32.0 Å². The molecule has 21 heavy (non-hydrogen) atoms. The summed E-state index contributed by atoms with van der Waals surface area (Å²) in [5, 5.41) is 8.96. The van der Waals surface area contributed by atoms with Crippen molar-refractivity contribution >= 4 is 6.29 Å². The first-order valence-corrected chi connectivity index (χ1v) is 9.07. The standard InChI is InChI=1S/C19H36O2/c1-19(21)17-15-13-11-9-7-5-3-2-4-6-8-10-12-14-16-18-20/h18,21H,1-17H2. The van der Waals surface area contributed by atoms with E-state index >= 15 is 0 Å². The molecule has 2 nitrogen and oxygen atoms in total. The fraction of sp³-hybridized carbons (Fsp3) is 0.842. The summed E-state index contributed by atoms with van der Waals surface area (Å²) in [6.07, 6.45) is 20.7. The van der Waals surface area contributed by atoms with Crippen LogP contribution < -0.4 is 0 Å². The Bertz CT molecular complexity index is 236. The minimum absolute atomic E-state index is 0.332. The number of unbranched alkanes of at least 4 members (excludes halogenated alkanes) is 14. The van der Waals surface area contributed by atoms with Gasteiger partial charge in [0.25, 0.3) is 0 Å². The van der Waals surface area contributed by atoms with Gasteiger partial charge in [-0.05, 0) is 12.8 Å². The molecule has 0 atom stereocenters. The van der Waals surface area contributed by atoms with Gasteiger partial charge in [-0.1, -0.05) is 83.6 Å². The maximum absolute atomic E-state index is 10.2. The fourth-order valence-corrected chi connectivity index (χ4v) is 2.68. The monoisotopic (exact) mass is 296 g/mol. The van der Waals surface area contributed by atoms with Crippen LogP contribution in [0.5, 0.6) is 0 Å². The number of hydrogen-bond acceptors (Lipinski definition) is 2. The molecular formula is C19H36O2. The van der Waals surface area contributed by atoms with Crippen molar-refractivity contribution in [2.45, 2.75) is 103 Å². The van der Waals surface area contributed by atoms with Gasteiger partial charge in [0.15, 0.2) is 0 Å². The van der Waals surface area contributed by atoms with E-state index in [9.17, 15) is 4.79 Å². The highest BCUT2D eigenvalue weighted by molar-refractivity contribution is 5.48. The third kappa shape index (κ3) is 19.2. The third-order valence-corrected chi connectivity index (χ3v) is 4.04. The van der Waals surface area contributed by atoms with Gasteiger partial charge in [-0.3, -0.25) is 0 Å². The molecule has 0 amide bonds. The van der Waals surface area contributed by atoms with E-state index < -0.39 is 0 Å². The predicted octanol–water partition coefficient (Wildman–Crippen LogP) is 6.50. The lowest BCUT2D eigenvalue weighted by atomic mass is 10.0. The summed E-state index contributed by atoms with van der Waals surface area (Å²) in [5.74, 6) is 0.332. The van der Waals surface area contributed by atoms with Crippen LogP contribution >= 0.6 is 0 Å². The van der Waals surface area contributed by atoms with Gasteiger partial charge >= 0.3 is 0 Å². The topological polar surface area (TPSA) is 37.3 Å². The quantitative estimate of drug-likeness (QED) is 0.189. The fourth-order valence-electron chi connectivity index (χ4n) is 2.68. The molecule has 1 N–H and O–H groups in total. The van der Waals surface area contributed by atoms with Gasteiger partial charge in [0.05, 0.1) is 5.76 Å². The SMILES string of the molecule is C=C(O)CCCCCCCCCCCCCCCCC=O. The molecule has 124 valence electrons. The van der Waals surface area contributed by atoms with E-state index in [-0.39, 0.29) is 0 Å². The molecule has 0 heterocycles. The Labute approximate surface area is 132 Å². The molecule has 0 saturated carbocycles. The molecule has 0 spiro atoms. The van der Waals surface area contributed by atoms with Crippen LogP contribution in [0.15, 0.2) is 12.3 Å². The summed E-state index contributed by atoms with van der Waals surface area (Å²) in [5.41, 5.74) is 0. The molecular weight excluding hydrogens is 260 g/mol. The maximum atomic E-state index is 10.2. The highest BCUT2D eigenvalue weighted by atomic mass is 16.3. The smallest absolute Gasteiger partial charge is 0.119 e. The second-order valence-corrected chi connectivity index (χ2v) is 6.22. The van der Waals surface area contributed by atoms with E-state index in [1.807, 2.05) is 0 Å². The number of rotatable bonds is 17. The summed E-state index contributed by atoms with van der Waals surface area (Å²) < 4.78 is 0. The van der Waals surface area contributed by atoms with Crippen LogP contribution in [-0.4, -0.2) is 11.4 Å². The van der Waals surface area contributed by atoms with Gasteiger partial charge in [0.2, 0.25) is 0 Å². The van der Waals surface area contributed by atoms with Crippen molar-refractivity contribution in [3.05, 3.63) is 12.3 Å². The molecule has 0 radical (unpaired) electrons. The minimum atomic E-state index is 0.332. The number of allylic oxidation sites excluding steroid dienone is 1. The Morgan fingerprint density at radius 2 is 1.00 bits per heavy atom. The maximum Gasteiger partial charge on any atom is 0.119 e. The van der Waals surface area contributed by atoms with Crippen molar-refractivity contribution in [1.29, 1.82) is 0 Å². The molecule has 0 aromatic rings. The van der Waals surface area contributed by atoms with Crippen LogP contribution in [-0.2, 0) is 4.79 Å². The molecule has 0 aromatic carbocycles. The van der Waals surface area contributed by atoms with E-state index in [0.29, 0.717) is 5.76 Å². The molecule has 0 aliphatic heterocycles. The zero-order chi connectivity index (χ0) is 15.6. The number of aliphatic hydroxyl groups excluding tert-OH is 1. The van der Waals surface area contributed by atoms with Crippen molar-refractivity contribution in [3.63, 3.8) is 0 Å². The summed E-state index contributed by atoms with van der Waals surface area (Å²) in [6.45, 7) is 3.50. The Hall–Kier alpha value is -0.790. The highest BCUT2D eigenvalue weighted by Crippen LogP contribution is 2.14. The molecule has 0 aliphatic rings. The van der Waals surface area contributed by atoms with Gasteiger partial charge in [-0.2, -0.15) is 0 Å². The number of aldehydes is 1. The molecule has 2 heteroatoms. The molecule has 0 unspecified atom stereocenters. The van der Waals surface area contributed by atoms with Gasteiger partial charge in [-0.25, -0.2) is 0 Å². The van der Waals surface area contributed by atoms with Crippen LogP contribution in [0, 0.1) is 0 Å². The van der Waals surface area contributed by atoms with E-state index in [1.54, 1.807) is 0 Å². The van der Waals surface area contributed by atoms with Crippen molar-refractivity contribution < 1.29 is 9.90 Å². The van der Waals surface area contributed by atoms with E-state index in [1.165, 1.54) is 77.0 Å². The first-order valence-electron chi connectivity index (χ1n) is 9.07. The summed E-state index contributed by atoms with van der Waals surface area (Å²) >= 11 is 0. The van der Waals surface area contributed by atoms with Gasteiger partial charge < -0.3 is 9.90 Å². The van der Waals surface area contributed by atoms with Crippen molar-refractivity contribution in [3.8, 4) is 0 Å². The van der Waals surface area contributed by atoms with Gasteiger partial charge in [-0.15, -0.1) is 0 Å². The zero-order valence-corrected chi connectivity index (χ0v) is 14.0. The molecule has 0 aromatic heterocycles. The van der Waals surface area contributed by atoms with Crippen LogP contribution in [0.1, 0.15) is 103 Å². The number of hydrogen-bond donors (Lipinski definition) is 1. The molecule has 0 aliphatic carbocycles. The lowest BCUT2D eigenvalue weighted by molar-refractivity contribution is -0.107. The van der Waals surface area contributed by atoms with Gasteiger partial charge in [0.1, 0.15) is 6.29 Å². The first kappa shape index (κ1) is 20.2. The highest BCUT2D eigenvalue weighted by Gasteiger charge is 1.95. The summed E-state index contributed by atoms with van der Waals surface area (Å²) in [7, 11) is 0. The number of carbonyl (C=O) groups excluding carboxylic acids is 1. The second kappa shape index (κ2) is 17.3. The van der Waals surface area contributed by atoms with Crippen LogP contribution in [0.25, 0.3) is 0 Å². The van der Waals surface area contributed by atoms with Crippen LogP contribution in [0.4, 0.5) is 0 Å². The van der Waals surface area contributed by atoms with Crippen LogP contribution in [0.3, 0.4) is 0 Å². The van der Waals surface area contributed by atoms with Crippen molar-refractivity contribution in [2.75, 3.05) is 0 Å². The Morgan fingerprint density at radius 1 is 0.667 bits per heavy atom. The van der Waals surface area contributed by atoms with E-state index in [2.05, 4.69) is 6.58 Å². The Balaban J connectivity index is 2.96. The predicted molar refractivity (Wildman–Crippen MR) is 91.7 cm³/mol. The van der Waals surface area contributed by atoms with Gasteiger partial charge in [0, 0.05) is 12.8 Å². The molecule has 0 fully saturated rings. The first-order chi connectivity index (χ1) is 10.3. The second-order valence-electron chi connectivity index (χ2n) is 6.22. The third-order valence-electron chi connectivity index (χ3n) is 4.04. The van der Waals surface area contributed by atoms with Crippen molar-refractivity contribution in [2.24, 2.45) is 0 Å². The average Bonchev–Trinajstić information content (AvgIpc) is 2.46. The van der Waals surface area contributed by atoms with E-state index in [4.69, 9.17) is 5.11 Å². The zero-order valence-electron chi connectivity index (χ0n) is 14.0. The summed E-state index contributed by atoms with van der Waals surface area (Å²) in [6, 6.07) is 0. The molecule has 0 bridgehead atoms. The van der Waals surface area contributed by atoms with Crippen molar-refractivity contribution in [1.82, 2.24) is 0 Å². The molecule has 0 saturated heterocycles. The Morgan fingerprint density at radius 3 is 1.33 bits per heavy atom. The Kier molecular flexibility index (Phi) is 16.6. The van der Waals surface area contributed by atoms with Crippen LogP contribution in [0.2, 0.25) is 0 Å². The largest absolute Gasteiger partial charge is 0.513 e. The lowest BCUT2D eigenvalue weighted by Crippen LogP contribution is -1.84. The average molecular weight is 296 g/mol. The lowest BCUT2D eigenvalue weighted by Gasteiger charge is -2.03. The number of carbonyl (C=O) groups is 1.